The van der Waals surface area contributed by atoms with Gasteiger partial charge in [-0.3, -0.25) is 4.79 Å². The molecule has 0 aromatic carbocycles. The summed E-state index contributed by atoms with van der Waals surface area (Å²) in [5.74, 6) is 0.102. The molecule has 0 radical (unpaired) electrons. The number of hydrogen-bond acceptors (Lipinski definition) is 3. The summed E-state index contributed by atoms with van der Waals surface area (Å²) >= 11 is 1.65. The van der Waals surface area contributed by atoms with Gasteiger partial charge in [-0.2, -0.15) is 0 Å². The first-order chi connectivity index (χ1) is 8.65. The molecule has 1 heterocycles. The molecule has 2 aliphatic carbocycles. The van der Waals surface area contributed by atoms with Crippen LogP contribution in [0.2, 0.25) is 0 Å². The van der Waals surface area contributed by atoms with Crippen molar-refractivity contribution in [3.63, 3.8) is 0 Å². The van der Waals surface area contributed by atoms with Crippen LogP contribution in [0.1, 0.15) is 43.4 Å². The van der Waals surface area contributed by atoms with Crippen LogP contribution in [0.5, 0.6) is 0 Å². The minimum absolute atomic E-state index is 0.102. The second kappa shape index (κ2) is 4.35. The van der Waals surface area contributed by atoms with Crippen LogP contribution in [0, 0.1) is 0 Å². The van der Waals surface area contributed by atoms with Crippen LogP contribution in [0.25, 0.3) is 0 Å². The number of aliphatic hydroxyl groups is 1. The fourth-order valence-electron chi connectivity index (χ4n) is 2.89. The van der Waals surface area contributed by atoms with Crippen molar-refractivity contribution in [1.82, 2.24) is 5.32 Å². The number of rotatable bonds is 4. The van der Waals surface area contributed by atoms with Crippen LogP contribution in [0.15, 0.2) is 17.5 Å². The predicted molar refractivity (Wildman–Crippen MR) is 71.7 cm³/mol. The minimum Gasteiger partial charge on any atom is -0.388 e. The van der Waals surface area contributed by atoms with E-state index in [0.29, 0.717) is 6.54 Å². The molecular formula is C14H19NO2S. The van der Waals surface area contributed by atoms with Crippen molar-refractivity contribution in [3.8, 4) is 0 Å². The Kier molecular flexibility index (Phi) is 2.94. The lowest BCUT2D eigenvalue weighted by Crippen LogP contribution is -2.44. The first kappa shape index (κ1) is 12.2. The van der Waals surface area contributed by atoms with Gasteiger partial charge in [0.25, 0.3) is 0 Å². The highest BCUT2D eigenvalue weighted by Gasteiger charge is 2.52. The van der Waals surface area contributed by atoms with Gasteiger partial charge < -0.3 is 10.4 Å². The van der Waals surface area contributed by atoms with Gasteiger partial charge in [-0.25, -0.2) is 0 Å². The molecule has 0 spiro atoms. The van der Waals surface area contributed by atoms with E-state index in [-0.39, 0.29) is 11.3 Å². The number of thiophene rings is 1. The Hall–Kier alpha value is -0.870. The quantitative estimate of drug-likeness (QED) is 0.877. The van der Waals surface area contributed by atoms with Crippen molar-refractivity contribution in [3.05, 3.63) is 22.4 Å². The van der Waals surface area contributed by atoms with Crippen LogP contribution in [0.4, 0.5) is 0 Å². The first-order valence-electron chi connectivity index (χ1n) is 6.69. The zero-order chi connectivity index (χ0) is 12.6. The molecule has 0 saturated heterocycles. The van der Waals surface area contributed by atoms with E-state index in [9.17, 15) is 9.90 Å². The van der Waals surface area contributed by atoms with E-state index < -0.39 is 5.60 Å². The number of carbonyl (C=O) groups is 1. The molecule has 98 valence electrons. The van der Waals surface area contributed by atoms with Crippen molar-refractivity contribution < 1.29 is 9.90 Å². The molecule has 0 bridgehead atoms. The third-order valence-corrected chi connectivity index (χ3v) is 5.36. The van der Waals surface area contributed by atoms with Gasteiger partial charge in [-0.15, -0.1) is 11.3 Å². The fourth-order valence-corrected chi connectivity index (χ4v) is 3.87. The molecule has 4 heteroatoms. The van der Waals surface area contributed by atoms with Gasteiger partial charge in [-0.1, -0.05) is 18.9 Å². The molecule has 3 rings (SSSR count). The second-order valence-electron chi connectivity index (χ2n) is 5.67. The summed E-state index contributed by atoms with van der Waals surface area (Å²) in [6, 6.07) is 4.04. The van der Waals surface area contributed by atoms with E-state index in [1.165, 1.54) is 4.88 Å². The molecule has 2 fully saturated rings. The number of hydrogen-bond donors (Lipinski definition) is 2. The van der Waals surface area contributed by atoms with Crippen LogP contribution in [-0.4, -0.2) is 23.2 Å². The maximum absolute atomic E-state index is 12.3. The molecule has 1 aromatic heterocycles. The van der Waals surface area contributed by atoms with Gasteiger partial charge in [0.1, 0.15) is 0 Å². The summed E-state index contributed by atoms with van der Waals surface area (Å²) < 4.78 is 0. The molecule has 1 amide bonds. The van der Waals surface area contributed by atoms with Crippen LogP contribution in [-0.2, 0) is 10.2 Å². The van der Waals surface area contributed by atoms with Crippen molar-refractivity contribution in [2.45, 2.75) is 49.5 Å². The Morgan fingerprint density at radius 2 is 2.06 bits per heavy atom. The van der Waals surface area contributed by atoms with E-state index in [1.54, 1.807) is 11.3 Å². The summed E-state index contributed by atoms with van der Waals surface area (Å²) in [5.41, 5.74) is -0.926. The molecule has 2 N–H and O–H groups in total. The number of nitrogens with one attached hydrogen (secondary N) is 1. The normalized spacial score (nSPS) is 23.8. The van der Waals surface area contributed by atoms with Gasteiger partial charge in [0.2, 0.25) is 5.91 Å². The highest BCUT2D eigenvalue weighted by Crippen LogP contribution is 2.50. The predicted octanol–water partition coefficient (Wildman–Crippen LogP) is 2.20. The minimum atomic E-state index is -0.652. The summed E-state index contributed by atoms with van der Waals surface area (Å²) in [7, 11) is 0. The maximum atomic E-state index is 12.3. The Bertz CT molecular complexity index is 431. The summed E-state index contributed by atoms with van der Waals surface area (Å²) in [6.45, 7) is 0.416. The molecular weight excluding hydrogens is 246 g/mol. The standard InChI is InChI=1S/C14H19NO2S/c16-12(15-10-13(17)5-1-2-6-13)14(7-8-14)11-4-3-9-18-11/h3-4,9,17H,1-2,5-8,10H2,(H,15,16). The maximum Gasteiger partial charge on any atom is 0.231 e. The zero-order valence-corrected chi connectivity index (χ0v) is 11.3. The van der Waals surface area contributed by atoms with Crippen LogP contribution < -0.4 is 5.32 Å². The zero-order valence-electron chi connectivity index (χ0n) is 10.4. The Morgan fingerprint density at radius 3 is 2.61 bits per heavy atom. The van der Waals surface area contributed by atoms with Gasteiger partial charge in [-0.05, 0) is 37.1 Å². The van der Waals surface area contributed by atoms with Crippen molar-refractivity contribution in [2.24, 2.45) is 0 Å². The largest absolute Gasteiger partial charge is 0.388 e. The fraction of sp³-hybridized carbons (Fsp3) is 0.643. The number of amides is 1. The van der Waals surface area contributed by atoms with Crippen molar-refractivity contribution in [1.29, 1.82) is 0 Å². The van der Waals surface area contributed by atoms with Gasteiger partial charge in [0, 0.05) is 11.4 Å². The lowest BCUT2D eigenvalue weighted by Gasteiger charge is -2.24. The molecule has 18 heavy (non-hydrogen) atoms. The van der Waals surface area contributed by atoms with E-state index in [4.69, 9.17) is 0 Å². The second-order valence-corrected chi connectivity index (χ2v) is 6.62. The van der Waals surface area contributed by atoms with Crippen molar-refractivity contribution >= 4 is 17.2 Å². The van der Waals surface area contributed by atoms with Crippen molar-refractivity contribution in [2.75, 3.05) is 6.54 Å². The molecule has 1 aromatic rings. The lowest BCUT2D eigenvalue weighted by molar-refractivity contribution is -0.124. The number of carbonyl (C=O) groups excluding carboxylic acids is 1. The van der Waals surface area contributed by atoms with E-state index in [2.05, 4.69) is 5.32 Å². The third-order valence-electron chi connectivity index (χ3n) is 4.29. The summed E-state index contributed by atoms with van der Waals surface area (Å²) in [5, 5.41) is 15.2. The Labute approximate surface area is 111 Å². The third kappa shape index (κ3) is 2.08. The highest BCUT2D eigenvalue weighted by molar-refractivity contribution is 7.10. The Balaban J connectivity index is 1.62. The first-order valence-corrected chi connectivity index (χ1v) is 7.57. The summed E-state index contributed by atoms with van der Waals surface area (Å²) in [6.07, 6.45) is 5.67. The Morgan fingerprint density at radius 1 is 1.33 bits per heavy atom. The molecule has 2 aliphatic rings. The SMILES string of the molecule is O=C(NCC1(O)CCCC1)C1(c2cccs2)CC1. The summed E-state index contributed by atoms with van der Waals surface area (Å²) in [4.78, 5) is 13.5. The molecule has 3 nitrogen and oxygen atoms in total. The molecule has 2 saturated carbocycles. The van der Waals surface area contributed by atoms with Gasteiger partial charge in [0.15, 0.2) is 0 Å². The average molecular weight is 265 g/mol. The molecule has 0 atom stereocenters. The average Bonchev–Trinajstić information content (AvgIpc) is 2.79. The van der Waals surface area contributed by atoms with Crippen LogP contribution >= 0.6 is 11.3 Å². The van der Waals surface area contributed by atoms with Gasteiger partial charge in [0.05, 0.1) is 11.0 Å². The van der Waals surface area contributed by atoms with E-state index in [1.807, 2.05) is 17.5 Å². The molecule has 0 unspecified atom stereocenters. The van der Waals surface area contributed by atoms with Gasteiger partial charge >= 0.3 is 0 Å². The smallest absolute Gasteiger partial charge is 0.231 e. The lowest BCUT2D eigenvalue weighted by atomic mass is 10.0. The highest BCUT2D eigenvalue weighted by atomic mass is 32.1. The molecule has 0 aliphatic heterocycles. The van der Waals surface area contributed by atoms with Crippen LogP contribution in [0.3, 0.4) is 0 Å². The van der Waals surface area contributed by atoms with E-state index >= 15 is 0 Å². The monoisotopic (exact) mass is 265 g/mol. The van der Waals surface area contributed by atoms with E-state index in [0.717, 1.165) is 38.5 Å². The topological polar surface area (TPSA) is 49.3 Å².